The van der Waals surface area contributed by atoms with Crippen LogP contribution in [-0.4, -0.2) is 31.2 Å². The van der Waals surface area contributed by atoms with Crippen molar-refractivity contribution in [2.24, 2.45) is 11.1 Å². The molecule has 3 rings (SSSR count). The van der Waals surface area contributed by atoms with Gasteiger partial charge in [-0.15, -0.1) is 0 Å². The summed E-state index contributed by atoms with van der Waals surface area (Å²) in [4.78, 5) is 11.7. The summed E-state index contributed by atoms with van der Waals surface area (Å²) in [6.45, 7) is 0.314. The fourth-order valence-electron chi connectivity index (χ4n) is 1.97. The van der Waals surface area contributed by atoms with E-state index in [0.29, 0.717) is 18.2 Å². The summed E-state index contributed by atoms with van der Waals surface area (Å²) >= 11 is 0. The first-order valence-electron chi connectivity index (χ1n) is 6.25. The number of sulfonamides is 1. The molecular weight excluding hydrogens is 270 g/mol. The van der Waals surface area contributed by atoms with Gasteiger partial charge in [-0.05, 0) is 31.6 Å². The van der Waals surface area contributed by atoms with Gasteiger partial charge in [0, 0.05) is 5.92 Å². The van der Waals surface area contributed by atoms with Gasteiger partial charge in [-0.25, -0.2) is 18.4 Å². The van der Waals surface area contributed by atoms with E-state index in [1.807, 2.05) is 0 Å². The molecule has 104 valence electrons. The highest BCUT2D eigenvalue weighted by Crippen LogP contribution is 2.42. The molecule has 0 saturated heterocycles. The van der Waals surface area contributed by atoms with Gasteiger partial charge >= 0.3 is 5.97 Å². The first-order valence-corrected chi connectivity index (χ1v) is 7.79. The Morgan fingerprint density at radius 1 is 1.37 bits per heavy atom. The van der Waals surface area contributed by atoms with Crippen LogP contribution in [0.1, 0.15) is 47.8 Å². The molecule has 2 saturated carbocycles. The fourth-order valence-corrected chi connectivity index (χ4v) is 2.88. The van der Waals surface area contributed by atoms with E-state index in [9.17, 15) is 13.2 Å². The summed E-state index contributed by atoms with van der Waals surface area (Å²) in [5, 5.41) is 11.6. The van der Waals surface area contributed by atoms with Crippen molar-refractivity contribution in [1.29, 1.82) is 0 Å². The quantitative estimate of drug-likeness (QED) is 0.764. The smallest absolute Gasteiger partial charge is 0.360 e. The summed E-state index contributed by atoms with van der Waals surface area (Å²) in [5.41, 5.74) is 0.214. The van der Waals surface area contributed by atoms with Crippen LogP contribution in [0.3, 0.4) is 0 Å². The summed E-state index contributed by atoms with van der Waals surface area (Å²) in [6, 6.07) is 0. The number of hydrogen-bond donors (Lipinski definition) is 2. The molecule has 8 heteroatoms. The minimum atomic E-state index is -3.99. The molecule has 0 amide bonds. The molecule has 7 nitrogen and oxygen atoms in total. The van der Waals surface area contributed by atoms with E-state index in [1.54, 1.807) is 0 Å². The number of nitrogens with zero attached hydrogens (tertiary/aromatic N) is 1. The summed E-state index contributed by atoms with van der Waals surface area (Å²) in [5.74, 6) is -0.214. The van der Waals surface area contributed by atoms with E-state index in [1.165, 1.54) is 0 Å². The van der Waals surface area contributed by atoms with Crippen molar-refractivity contribution in [3.63, 3.8) is 0 Å². The highest BCUT2D eigenvalue weighted by Gasteiger charge is 2.36. The third-order valence-electron chi connectivity index (χ3n) is 3.36. The van der Waals surface area contributed by atoms with Crippen LogP contribution in [0.15, 0.2) is 4.90 Å². The topological polar surface area (TPSA) is 115 Å². The maximum absolute atomic E-state index is 11.9. The second-order valence-corrected chi connectivity index (χ2v) is 6.67. The predicted octanol–water partition coefficient (Wildman–Crippen LogP) is 0.501. The number of carbonyl (C=O) groups excluding carboxylic acids is 1. The number of aromatic amines is 1. The molecule has 0 aliphatic heterocycles. The highest BCUT2D eigenvalue weighted by molar-refractivity contribution is 7.89. The van der Waals surface area contributed by atoms with Gasteiger partial charge in [0.2, 0.25) is 10.0 Å². The van der Waals surface area contributed by atoms with Gasteiger partial charge in [0.1, 0.15) is 4.90 Å². The van der Waals surface area contributed by atoms with E-state index in [0.717, 1.165) is 25.7 Å². The van der Waals surface area contributed by atoms with Crippen molar-refractivity contribution in [2.45, 2.75) is 36.5 Å². The third-order valence-corrected chi connectivity index (χ3v) is 4.34. The number of esters is 1. The fraction of sp³-hybridized carbons (Fsp3) is 0.636. The number of nitrogens with two attached hydrogens (primary N) is 1. The molecule has 1 heterocycles. The lowest BCUT2D eigenvalue weighted by molar-refractivity contribution is 0.0474. The minimum absolute atomic E-state index is 0.103. The van der Waals surface area contributed by atoms with Crippen molar-refractivity contribution in [3.8, 4) is 0 Å². The monoisotopic (exact) mass is 285 g/mol. The zero-order valence-electron chi connectivity index (χ0n) is 10.3. The van der Waals surface area contributed by atoms with E-state index < -0.39 is 16.0 Å². The number of nitrogens with one attached hydrogen (secondary N) is 1. The predicted molar refractivity (Wildman–Crippen MR) is 64.9 cm³/mol. The largest absolute Gasteiger partial charge is 0.461 e. The van der Waals surface area contributed by atoms with Gasteiger partial charge in [0.15, 0.2) is 5.69 Å². The second-order valence-electron chi connectivity index (χ2n) is 5.18. The number of H-pyrrole nitrogens is 1. The van der Waals surface area contributed by atoms with Crippen LogP contribution in [0.25, 0.3) is 0 Å². The number of aromatic nitrogens is 2. The average molecular weight is 285 g/mol. The molecule has 0 aromatic carbocycles. The zero-order valence-corrected chi connectivity index (χ0v) is 11.1. The maximum Gasteiger partial charge on any atom is 0.360 e. The Bertz CT molecular complexity index is 614. The lowest BCUT2D eigenvalue weighted by Crippen LogP contribution is -2.19. The Morgan fingerprint density at radius 3 is 2.58 bits per heavy atom. The van der Waals surface area contributed by atoms with Gasteiger partial charge in [-0.1, -0.05) is 0 Å². The first-order chi connectivity index (χ1) is 8.97. The van der Waals surface area contributed by atoms with Crippen molar-refractivity contribution >= 4 is 16.0 Å². The third kappa shape index (κ3) is 2.64. The molecule has 2 aliphatic carbocycles. The van der Waals surface area contributed by atoms with Crippen molar-refractivity contribution in [1.82, 2.24) is 10.2 Å². The Kier molecular flexibility index (Phi) is 2.86. The molecule has 0 spiro atoms. The molecule has 0 bridgehead atoms. The Balaban J connectivity index is 1.89. The average Bonchev–Trinajstić information content (AvgIpc) is 3.23. The Morgan fingerprint density at radius 2 is 2.05 bits per heavy atom. The zero-order chi connectivity index (χ0) is 13.6. The van der Waals surface area contributed by atoms with Crippen molar-refractivity contribution in [3.05, 3.63) is 11.4 Å². The number of ether oxygens (including phenoxy) is 1. The second kappa shape index (κ2) is 4.31. The molecule has 0 unspecified atom stereocenters. The van der Waals surface area contributed by atoms with Crippen LogP contribution in [0.2, 0.25) is 0 Å². The molecular formula is C11H15N3O4S. The van der Waals surface area contributed by atoms with Gasteiger partial charge < -0.3 is 4.74 Å². The summed E-state index contributed by atoms with van der Waals surface area (Å²) in [7, 11) is -3.99. The molecule has 3 N–H and O–H groups in total. The van der Waals surface area contributed by atoms with E-state index >= 15 is 0 Å². The van der Waals surface area contributed by atoms with Gasteiger partial charge in [-0.2, -0.15) is 5.10 Å². The van der Waals surface area contributed by atoms with Crippen LogP contribution in [0.4, 0.5) is 0 Å². The van der Waals surface area contributed by atoms with E-state index in [4.69, 9.17) is 9.88 Å². The molecule has 0 radical (unpaired) electrons. The SMILES string of the molecule is NS(=O)(=O)c1c(C(=O)OCC2CC2)n[nH]c1C1CC1. The van der Waals surface area contributed by atoms with Crippen LogP contribution in [0.5, 0.6) is 0 Å². The van der Waals surface area contributed by atoms with Crippen LogP contribution >= 0.6 is 0 Å². The highest BCUT2D eigenvalue weighted by atomic mass is 32.2. The Hall–Kier alpha value is -1.41. The first kappa shape index (κ1) is 12.6. The number of carbonyl (C=O) groups is 1. The molecule has 2 aliphatic rings. The van der Waals surface area contributed by atoms with Crippen LogP contribution in [0, 0.1) is 5.92 Å². The van der Waals surface area contributed by atoms with Gasteiger partial charge in [-0.3, -0.25) is 5.10 Å². The minimum Gasteiger partial charge on any atom is -0.461 e. The van der Waals surface area contributed by atoms with Crippen molar-refractivity contribution in [2.75, 3.05) is 6.61 Å². The molecule has 2 fully saturated rings. The number of primary sulfonamides is 1. The lowest BCUT2D eigenvalue weighted by atomic mass is 10.2. The normalized spacial score (nSPS) is 19.4. The van der Waals surface area contributed by atoms with E-state index in [-0.39, 0.29) is 16.5 Å². The van der Waals surface area contributed by atoms with Crippen LogP contribution in [-0.2, 0) is 14.8 Å². The van der Waals surface area contributed by atoms with Crippen LogP contribution < -0.4 is 5.14 Å². The van der Waals surface area contributed by atoms with Gasteiger partial charge in [0.25, 0.3) is 0 Å². The number of rotatable bonds is 5. The Labute approximate surface area is 110 Å². The molecule has 0 atom stereocenters. The molecule has 1 aromatic rings. The van der Waals surface area contributed by atoms with Crippen molar-refractivity contribution < 1.29 is 17.9 Å². The summed E-state index contributed by atoms with van der Waals surface area (Å²) < 4.78 is 28.3. The maximum atomic E-state index is 11.9. The van der Waals surface area contributed by atoms with E-state index in [2.05, 4.69) is 10.2 Å². The number of hydrogen-bond acceptors (Lipinski definition) is 5. The standard InChI is InChI=1S/C11H15N3O4S/c12-19(16,17)10-8(7-3-4-7)13-14-9(10)11(15)18-5-6-1-2-6/h6-7H,1-5H2,(H,13,14)(H2,12,16,17). The molecule has 19 heavy (non-hydrogen) atoms. The molecule has 1 aromatic heterocycles. The lowest BCUT2D eigenvalue weighted by Gasteiger charge is -2.03. The van der Waals surface area contributed by atoms with Gasteiger partial charge in [0.05, 0.1) is 12.3 Å². The summed E-state index contributed by atoms with van der Waals surface area (Å²) in [6.07, 6.45) is 3.84.